The predicted octanol–water partition coefficient (Wildman–Crippen LogP) is 6.19. The van der Waals surface area contributed by atoms with E-state index in [1.54, 1.807) is 49.6 Å². The minimum atomic E-state index is -3.44. The van der Waals surface area contributed by atoms with Gasteiger partial charge in [0.1, 0.15) is 23.0 Å². The summed E-state index contributed by atoms with van der Waals surface area (Å²) in [5, 5.41) is 0. The van der Waals surface area contributed by atoms with Crippen LogP contribution < -0.4 is 4.74 Å². The lowest BCUT2D eigenvalue weighted by molar-refractivity contribution is -0.0509. The van der Waals surface area contributed by atoms with Crippen molar-refractivity contribution in [2.24, 2.45) is 0 Å². The zero-order valence-corrected chi connectivity index (χ0v) is 23.6. The summed E-state index contributed by atoms with van der Waals surface area (Å²) in [4.78, 5) is 19.2. The van der Waals surface area contributed by atoms with E-state index in [-0.39, 0.29) is 29.3 Å². The van der Waals surface area contributed by atoms with E-state index in [2.05, 4.69) is 4.98 Å². The molecule has 0 N–H and O–H groups in total. The van der Waals surface area contributed by atoms with Crippen molar-refractivity contribution in [2.75, 3.05) is 12.8 Å². The minimum Gasteiger partial charge on any atom is -0.444 e. The average Bonchev–Trinajstić information content (AvgIpc) is 3.23. The number of hydrogen-bond donors (Lipinski definition) is 0. The maximum atomic E-state index is 15.4. The van der Waals surface area contributed by atoms with Gasteiger partial charge in [0, 0.05) is 30.0 Å². The Bertz CT molecular complexity index is 1730. The molecule has 8 nitrogen and oxygen atoms in total. The lowest BCUT2D eigenvalue weighted by Gasteiger charge is -2.36. The van der Waals surface area contributed by atoms with Crippen molar-refractivity contribution >= 4 is 27.0 Å². The van der Waals surface area contributed by atoms with Gasteiger partial charge in [-0.25, -0.2) is 22.6 Å². The number of ether oxygens (including phenoxy) is 2. The molecular weight excluding hydrogens is 559 g/mol. The molecule has 0 saturated heterocycles. The van der Waals surface area contributed by atoms with Gasteiger partial charge in [-0.3, -0.25) is 4.90 Å². The monoisotopic (exact) mass is 587 g/mol. The van der Waals surface area contributed by atoms with Gasteiger partial charge in [-0.2, -0.15) is 8.78 Å². The van der Waals surface area contributed by atoms with Gasteiger partial charge in [0.2, 0.25) is 0 Å². The Labute approximate surface area is 235 Å². The summed E-state index contributed by atoms with van der Waals surface area (Å²) in [5.74, 6) is -0.245. The van der Waals surface area contributed by atoms with Gasteiger partial charge in [0.15, 0.2) is 9.84 Å². The summed E-state index contributed by atoms with van der Waals surface area (Å²) in [6.07, 6.45) is 0.481. The number of nitrogens with zero attached hydrogens (tertiary/aromatic N) is 3. The third-order valence-corrected chi connectivity index (χ3v) is 7.76. The van der Waals surface area contributed by atoms with Crippen molar-refractivity contribution in [1.82, 2.24) is 14.5 Å². The zero-order valence-electron chi connectivity index (χ0n) is 22.8. The van der Waals surface area contributed by atoms with Crippen molar-refractivity contribution in [3.63, 3.8) is 0 Å². The molecule has 1 aliphatic heterocycles. The molecule has 12 heteroatoms. The van der Waals surface area contributed by atoms with Crippen LogP contribution in [0.25, 0.3) is 22.2 Å². The predicted molar refractivity (Wildman–Crippen MR) is 146 cm³/mol. The van der Waals surface area contributed by atoms with Crippen molar-refractivity contribution in [1.29, 1.82) is 0 Å². The van der Waals surface area contributed by atoms with Gasteiger partial charge < -0.3 is 14.0 Å². The fraction of sp³-hybridized carbons (Fsp3) is 0.310. The number of hydrogen-bond acceptors (Lipinski definition) is 6. The van der Waals surface area contributed by atoms with E-state index >= 15 is 4.39 Å². The molecule has 2 heterocycles. The molecule has 0 aliphatic carbocycles. The van der Waals surface area contributed by atoms with Crippen molar-refractivity contribution in [3.8, 4) is 16.9 Å². The van der Waals surface area contributed by atoms with Gasteiger partial charge in [0.25, 0.3) is 0 Å². The number of amides is 1. The van der Waals surface area contributed by atoms with E-state index in [0.29, 0.717) is 28.0 Å². The summed E-state index contributed by atoms with van der Waals surface area (Å²) in [6, 6.07) is 14.2. The number of halogens is 3. The Morgan fingerprint density at radius 1 is 1.07 bits per heavy atom. The highest BCUT2D eigenvalue weighted by molar-refractivity contribution is 7.90. The number of alkyl halides is 2. The number of fused-ring (bicyclic) bond motifs is 3. The number of rotatable bonds is 5. The number of carbonyl (C=O) groups excluding carboxylic acids is 1. The van der Waals surface area contributed by atoms with Gasteiger partial charge in [-0.1, -0.05) is 30.3 Å². The molecule has 0 radical (unpaired) electrons. The second kappa shape index (κ2) is 10.4. The largest absolute Gasteiger partial charge is 0.444 e. The summed E-state index contributed by atoms with van der Waals surface area (Å²) in [5.41, 5.74) is 1.06. The van der Waals surface area contributed by atoms with E-state index in [0.717, 1.165) is 6.26 Å². The number of imidazole rings is 1. The molecule has 0 spiro atoms. The fourth-order valence-electron chi connectivity index (χ4n) is 4.92. The van der Waals surface area contributed by atoms with Crippen molar-refractivity contribution < 1.29 is 35.9 Å². The average molecular weight is 588 g/mol. The topological polar surface area (TPSA) is 90.7 Å². The molecule has 3 aromatic carbocycles. The Kier molecular flexibility index (Phi) is 7.22. The molecule has 4 aromatic rings. The Morgan fingerprint density at radius 3 is 2.39 bits per heavy atom. The van der Waals surface area contributed by atoms with Crippen LogP contribution in [0.1, 0.15) is 38.2 Å². The standard InChI is InChI=1S/C29H28F3N3O5S/c1-29(2,3)40-28(36)34-15-24(19-7-5-6-8-25(19)39-27(31)32)35-23-13-20(21(30)14-22(23)33-26(35)16-34)17-9-11-18(12-10-17)41(4,37)38/h5-14,24,27H,15-16H2,1-4H3/t24-/m1/s1. The van der Waals surface area contributed by atoms with Crippen LogP contribution in [0, 0.1) is 5.82 Å². The summed E-state index contributed by atoms with van der Waals surface area (Å²) < 4.78 is 78.0. The molecule has 0 saturated carbocycles. The van der Waals surface area contributed by atoms with Gasteiger partial charge in [-0.05, 0) is 50.6 Å². The second-order valence-corrected chi connectivity index (χ2v) is 12.8. The maximum absolute atomic E-state index is 15.4. The van der Waals surface area contributed by atoms with E-state index in [1.165, 1.54) is 41.3 Å². The molecule has 0 unspecified atom stereocenters. The van der Waals surface area contributed by atoms with Crippen LogP contribution in [-0.2, 0) is 21.1 Å². The Morgan fingerprint density at radius 2 is 1.76 bits per heavy atom. The molecule has 41 heavy (non-hydrogen) atoms. The first-order valence-electron chi connectivity index (χ1n) is 12.7. The number of aromatic nitrogens is 2. The van der Waals surface area contributed by atoms with Gasteiger partial charge >= 0.3 is 12.7 Å². The van der Waals surface area contributed by atoms with Crippen LogP contribution in [0.15, 0.2) is 65.6 Å². The van der Waals surface area contributed by atoms with E-state index < -0.39 is 40.0 Å². The lowest BCUT2D eigenvalue weighted by atomic mass is 10.0. The smallest absolute Gasteiger partial charge is 0.410 e. The normalized spacial score (nSPS) is 15.7. The first-order chi connectivity index (χ1) is 19.2. The van der Waals surface area contributed by atoms with Crippen LogP contribution in [0.2, 0.25) is 0 Å². The summed E-state index contributed by atoms with van der Waals surface area (Å²) in [6.45, 7) is 2.22. The number of sulfone groups is 1. The van der Waals surface area contributed by atoms with Crippen LogP contribution in [-0.4, -0.2) is 54.0 Å². The Balaban J connectivity index is 1.67. The molecule has 0 bridgehead atoms. The van der Waals surface area contributed by atoms with Crippen LogP contribution in [0.5, 0.6) is 5.75 Å². The van der Waals surface area contributed by atoms with Crippen LogP contribution >= 0.6 is 0 Å². The minimum absolute atomic E-state index is 0.0397. The van der Waals surface area contributed by atoms with Crippen LogP contribution in [0.4, 0.5) is 18.0 Å². The zero-order chi connectivity index (χ0) is 29.7. The molecule has 216 valence electrons. The first kappa shape index (κ1) is 28.5. The van der Waals surface area contributed by atoms with Crippen LogP contribution in [0.3, 0.4) is 0 Å². The number of carbonyl (C=O) groups is 1. The molecule has 1 aliphatic rings. The quantitative estimate of drug-likeness (QED) is 0.277. The summed E-state index contributed by atoms with van der Waals surface area (Å²) >= 11 is 0. The maximum Gasteiger partial charge on any atom is 0.410 e. The molecule has 1 amide bonds. The third-order valence-electron chi connectivity index (χ3n) is 6.63. The fourth-order valence-corrected chi connectivity index (χ4v) is 5.55. The highest BCUT2D eigenvalue weighted by Gasteiger charge is 2.35. The van der Waals surface area contributed by atoms with Gasteiger partial charge in [-0.15, -0.1) is 0 Å². The molecular formula is C29H28F3N3O5S. The van der Waals surface area contributed by atoms with Crippen molar-refractivity contribution in [2.45, 2.75) is 50.5 Å². The molecule has 1 atom stereocenters. The van der Waals surface area contributed by atoms with E-state index in [9.17, 15) is 22.0 Å². The van der Waals surface area contributed by atoms with E-state index in [1.807, 2.05) is 0 Å². The Hall–Kier alpha value is -4.06. The molecule has 5 rings (SSSR count). The SMILES string of the molecule is CC(C)(C)OC(=O)N1Cc2nc3cc(F)c(-c4ccc(S(C)(=O)=O)cc4)cc3n2[C@@H](c2ccccc2OC(F)F)C1. The number of benzene rings is 3. The third kappa shape index (κ3) is 5.88. The highest BCUT2D eigenvalue weighted by atomic mass is 32.2. The van der Waals surface area contributed by atoms with Gasteiger partial charge in [0.05, 0.1) is 28.5 Å². The summed E-state index contributed by atoms with van der Waals surface area (Å²) in [7, 11) is -3.44. The highest BCUT2D eigenvalue weighted by Crippen LogP contribution is 2.38. The van der Waals surface area contributed by atoms with E-state index in [4.69, 9.17) is 9.47 Å². The molecule has 1 aromatic heterocycles. The van der Waals surface area contributed by atoms with Crippen molar-refractivity contribution in [3.05, 3.63) is 77.9 Å². The first-order valence-corrected chi connectivity index (χ1v) is 14.6. The second-order valence-electron chi connectivity index (χ2n) is 10.8. The number of para-hydroxylation sites is 1. The lowest BCUT2D eigenvalue weighted by Crippen LogP contribution is -2.44. The molecule has 0 fully saturated rings.